The van der Waals surface area contributed by atoms with Crippen LogP contribution in [0.5, 0.6) is 5.75 Å². The fourth-order valence-corrected chi connectivity index (χ4v) is 2.51. The van der Waals surface area contributed by atoms with E-state index in [9.17, 15) is 0 Å². The number of hydrogen-bond donors (Lipinski definition) is 1. The summed E-state index contributed by atoms with van der Waals surface area (Å²) in [5.41, 5.74) is 7.68. The number of hydrogen-bond acceptors (Lipinski definition) is 5. The van der Waals surface area contributed by atoms with Crippen LogP contribution in [0.25, 0.3) is 16.3 Å². The molecule has 2 heterocycles. The molecule has 1 aromatic carbocycles. The van der Waals surface area contributed by atoms with E-state index in [1.54, 1.807) is 23.1 Å². The Bertz CT molecular complexity index is 673. The van der Waals surface area contributed by atoms with Gasteiger partial charge in [-0.3, -0.25) is 0 Å². The Hall–Kier alpha value is -2.34. The molecule has 6 heteroatoms. The van der Waals surface area contributed by atoms with Gasteiger partial charge in [-0.25, -0.2) is 0 Å². The van der Waals surface area contributed by atoms with Gasteiger partial charge in [-0.15, -0.1) is 16.4 Å². The molecule has 3 rings (SSSR count). The van der Waals surface area contributed by atoms with Gasteiger partial charge in [-0.1, -0.05) is 11.3 Å². The highest BCUT2D eigenvalue weighted by molar-refractivity contribution is 7.13. The van der Waals surface area contributed by atoms with Crippen molar-refractivity contribution in [2.45, 2.75) is 0 Å². The largest absolute Gasteiger partial charge is 0.497 e. The molecule has 0 spiro atoms. The lowest BCUT2D eigenvalue weighted by Gasteiger charge is -2.04. The normalized spacial score (nSPS) is 10.6. The number of rotatable bonds is 3. The average Bonchev–Trinajstić information content (AvgIpc) is 3.08. The van der Waals surface area contributed by atoms with Crippen molar-refractivity contribution >= 4 is 17.2 Å². The van der Waals surface area contributed by atoms with Gasteiger partial charge in [0.2, 0.25) is 0 Å². The van der Waals surface area contributed by atoms with Crippen molar-refractivity contribution in [2.75, 3.05) is 12.8 Å². The van der Waals surface area contributed by atoms with Crippen LogP contribution in [0.4, 0.5) is 5.82 Å². The van der Waals surface area contributed by atoms with E-state index in [0.29, 0.717) is 11.5 Å². The first kappa shape index (κ1) is 11.7. The molecule has 0 saturated heterocycles. The summed E-state index contributed by atoms with van der Waals surface area (Å²) in [7, 11) is 1.63. The molecule has 0 aliphatic heterocycles. The summed E-state index contributed by atoms with van der Waals surface area (Å²) in [6, 6.07) is 11.4. The van der Waals surface area contributed by atoms with Gasteiger partial charge in [0.1, 0.15) is 11.4 Å². The first-order valence-electron chi connectivity index (χ1n) is 5.69. The van der Waals surface area contributed by atoms with Gasteiger partial charge in [0.05, 0.1) is 17.7 Å². The van der Waals surface area contributed by atoms with Crippen LogP contribution in [0, 0.1) is 0 Å². The molecule has 0 aliphatic rings. The number of thiophene rings is 1. The molecule has 0 bridgehead atoms. The summed E-state index contributed by atoms with van der Waals surface area (Å²) in [5, 5.41) is 10.2. The van der Waals surface area contributed by atoms with E-state index in [4.69, 9.17) is 10.5 Å². The summed E-state index contributed by atoms with van der Waals surface area (Å²) >= 11 is 1.59. The predicted octanol–water partition coefficient (Wildman–Crippen LogP) is 2.59. The van der Waals surface area contributed by atoms with Crippen molar-refractivity contribution in [1.82, 2.24) is 15.0 Å². The summed E-state index contributed by atoms with van der Waals surface area (Å²) in [6.07, 6.45) is 0. The lowest BCUT2D eigenvalue weighted by Crippen LogP contribution is -2.02. The summed E-state index contributed by atoms with van der Waals surface area (Å²) in [4.78, 5) is 1.01. The van der Waals surface area contributed by atoms with Gasteiger partial charge < -0.3 is 10.5 Å². The number of nitrogens with zero attached hydrogens (tertiary/aromatic N) is 3. The lowest BCUT2D eigenvalue weighted by molar-refractivity contribution is 0.414. The number of aromatic nitrogens is 3. The minimum absolute atomic E-state index is 0.535. The van der Waals surface area contributed by atoms with Crippen molar-refractivity contribution in [3.63, 3.8) is 0 Å². The molecule has 2 aromatic heterocycles. The topological polar surface area (TPSA) is 66.0 Å². The standard InChI is InChI=1S/C13H12N4OS/c1-18-10-6-4-9(5-7-10)17-13(14)12(15-16-17)11-3-2-8-19-11/h2-8H,14H2,1H3. The molecule has 19 heavy (non-hydrogen) atoms. The molecule has 3 aromatic rings. The fraction of sp³-hybridized carbons (Fsp3) is 0.0769. The minimum atomic E-state index is 0.535. The quantitative estimate of drug-likeness (QED) is 0.796. The van der Waals surface area contributed by atoms with E-state index >= 15 is 0 Å². The van der Waals surface area contributed by atoms with Crippen LogP contribution in [-0.4, -0.2) is 22.1 Å². The fourth-order valence-electron chi connectivity index (χ4n) is 1.79. The smallest absolute Gasteiger partial charge is 0.156 e. The average molecular weight is 272 g/mol. The Morgan fingerprint density at radius 2 is 2.00 bits per heavy atom. The van der Waals surface area contributed by atoms with Crippen molar-refractivity contribution in [1.29, 1.82) is 0 Å². The van der Waals surface area contributed by atoms with Crippen LogP contribution in [0.1, 0.15) is 0 Å². The number of methoxy groups -OCH3 is 1. The third-order valence-electron chi connectivity index (χ3n) is 2.78. The van der Waals surface area contributed by atoms with E-state index in [2.05, 4.69) is 10.3 Å². The van der Waals surface area contributed by atoms with Gasteiger partial charge >= 0.3 is 0 Å². The van der Waals surface area contributed by atoms with Crippen LogP contribution in [0.15, 0.2) is 41.8 Å². The van der Waals surface area contributed by atoms with Gasteiger partial charge in [-0.05, 0) is 35.7 Å². The zero-order valence-electron chi connectivity index (χ0n) is 10.3. The molecule has 0 unspecified atom stereocenters. The van der Waals surface area contributed by atoms with Crippen molar-refractivity contribution in [2.24, 2.45) is 0 Å². The Morgan fingerprint density at radius 3 is 2.63 bits per heavy atom. The van der Waals surface area contributed by atoms with E-state index in [0.717, 1.165) is 16.3 Å². The second-order valence-corrected chi connectivity index (χ2v) is 4.86. The Balaban J connectivity index is 2.01. The van der Waals surface area contributed by atoms with Crippen molar-refractivity contribution in [3.05, 3.63) is 41.8 Å². The highest BCUT2D eigenvalue weighted by atomic mass is 32.1. The van der Waals surface area contributed by atoms with E-state index in [1.165, 1.54) is 0 Å². The third-order valence-corrected chi connectivity index (χ3v) is 3.65. The summed E-state index contributed by atoms with van der Waals surface area (Å²) in [5.74, 6) is 1.33. The SMILES string of the molecule is COc1ccc(-n2nnc(-c3cccs3)c2N)cc1. The molecule has 0 amide bonds. The molecule has 0 aliphatic carbocycles. The molecule has 2 N–H and O–H groups in total. The van der Waals surface area contributed by atoms with Gasteiger partial charge in [-0.2, -0.15) is 4.68 Å². The van der Waals surface area contributed by atoms with Crippen LogP contribution >= 0.6 is 11.3 Å². The van der Waals surface area contributed by atoms with E-state index < -0.39 is 0 Å². The Kier molecular flexibility index (Phi) is 2.92. The van der Waals surface area contributed by atoms with E-state index in [1.807, 2.05) is 41.8 Å². The molecule has 0 atom stereocenters. The predicted molar refractivity (Wildman–Crippen MR) is 75.6 cm³/mol. The number of anilines is 1. The first-order valence-corrected chi connectivity index (χ1v) is 6.57. The Morgan fingerprint density at radius 1 is 1.21 bits per heavy atom. The highest BCUT2D eigenvalue weighted by Gasteiger charge is 2.13. The minimum Gasteiger partial charge on any atom is -0.497 e. The van der Waals surface area contributed by atoms with Gasteiger partial charge in [0, 0.05) is 0 Å². The summed E-state index contributed by atoms with van der Waals surface area (Å²) < 4.78 is 6.74. The molecule has 0 radical (unpaired) electrons. The monoisotopic (exact) mass is 272 g/mol. The van der Waals surface area contributed by atoms with Crippen molar-refractivity contribution in [3.8, 4) is 22.0 Å². The maximum absolute atomic E-state index is 6.11. The highest BCUT2D eigenvalue weighted by Crippen LogP contribution is 2.29. The molecule has 0 saturated carbocycles. The van der Waals surface area contributed by atoms with Gasteiger partial charge in [0.15, 0.2) is 5.82 Å². The maximum atomic E-state index is 6.11. The first-order chi connectivity index (χ1) is 9.29. The molecular formula is C13H12N4OS. The number of nitrogen functional groups attached to an aromatic ring is 1. The zero-order valence-corrected chi connectivity index (χ0v) is 11.1. The van der Waals surface area contributed by atoms with Crippen LogP contribution in [0.3, 0.4) is 0 Å². The van der Waals surface area contributed by atoms with Crippen molar-refractivity contribution < 1.29 is 4.74 Å². The number of ether oxygens (including phenoxy) is 1. The molecule has 0 fully saturated rings. The second-order valence-electron chi connectivity index (χ2n) is 3.91. The van der Waals surface area contributed by atoms with Crippen LogP contribution in [0.2, 0.25) is 0 Å². The number of benzene rings is 1. The molecule has 5 nitrogen and oxygen atoms in total. The van der Waals surface area contributed by atoms with Gasteiger partial charge in [0.25, 0.3) is 0 Å². The molecule has 96 valence electrons. The molecular weight excluding hydrogens is 260 g/mol. The Labute approximate surface area is 114 Å². The summed E-state index contributed by atoms with van der Waals surface area (Å²) in [6.45, 7) is 0. The zero-order chi connectivity index (χ0) is 13.2. The van der Waals surface area contributed by atoms with E-state index in [-0.39, 0.29) is 0 Å². The van der Waals surface area contributed by atoms with Crippen LogP contribution in [-0.2, 0) is 0 Å². The second kappa shape index (κ2) is 4.74. The van der Waals surface area contributed by atoms with Crippen LogP contribution < -0.4 is 10.5 Å². The lowest BCUT2D eigenvalue weighted by atomic mass is 10.3. The number of nitrogens with two attached hydrogens (primary N) is 1. The third kappa shape index (κ3) is 2.06. The maximum Gasteiger partial charge on any atom is 0.156 e.